The second-order valence-electron chi connectivity index (χ2n) is 3.42. The highest BCUT2D eigenvalue weighted by atomic mass is 79.9. The fourth-order valence-electron chi connectivity index (χ4n) is 1.25. The highest BCUT2D eigenvalue weighted by Crippen LogP contribution is 2.26. The number of halogens is 2. The normalized spacial score (nSPS) is 10.2. The van der Waals surface area contributed by atoms with Gasteiger partial charge in [0.05, 0.1) is 5.69 Å². The number of aromatic carboxylic acids is 1. The van der Waals surface area contributed by atoms with E-state index in [0.717, 1.165) is 20.3 Å². The largest absolute Gasteiger partial charge is 0.476 e. The van der Waals surface area contributed by atoms with Crippen LogP contribution in [0.2, 0.25) is 0 Å². The summed E-state index contributed by atoms with van der Waals surface area (Å²) in [6, 6.07) is 5.34. The van der Waals surface area contributed by atoms with Crippen molar-refractivity contribution in [3.05, 3.63) is 43.2 Å². The van der Waals surface area contributed by atoms with Crippen molar-refractivity contribution < 1.29 is 14.7 Å². The van der Waals surface area contributed by atoms with Crippen molar-refractivity contribution in [1.82, 2.24) is 4.98 Å². The SMILES string of the molecule is O=C(O)c1csc(C(=O)Nc2cc(Br)ccc2Br)n1. The Morgan fingerprint density at radius 3 is 2.68 bits per heavy atom. The van der Waals surface area contributed by atoms with E-state index >= 15 is 0 Å². The quantitative estimate of drug-likeness (QED) is 0.817. The molecule has 0 aliphatic heterocycles. The van der Waals surface area contributed by atoms with Crippen LogP contribution in [0.5, 0.6) is 0 Å². The van der Waals surface area contributed by atoms with E-state index in [1.807, 2.05) is 6.07 Å². The number of aromatic nitrogens is 1. The molecule has 19 heavy (non-hydrogen) atoms. The molecule has 1 amide bonds. The minimum atomic E-state index is -1.15. The zero-order valence-electron chi connectivity index (χ0n) is 9.18. The van der Waals surface area contributed by atoms with Crippen molar-refractivity contribution in [1.29, 1.82) is 0 Å². The molecule has 1 aromatic heterocycles. The molecule has 0 bridgehead atoms. The number of nitrogens with one attached hydrogen (secondary N) is 1. The molecule has 2 aromatic rings. The number of carboxylic acids is 1. The van der Waals surface area contributed by atoms with Gasteiger partial charge in [-0.1, -0.05) is 15.9 Å². The second kappa shape index (κ2) is 5.81. The van der Waals surface area contributed by atoms with Gasteiger partial charge in [0, 0.05) is 14.3 Å². The number of thiazole rings is 1. The number of carboxylic acid groups (broad SMARTS) is 1. The van der Waals surface area contributed by atoms with Crippen LogP contribution in [0, 0.1) is 0 Å². The monoisotopic (exact) mass is 404 g/mol. The average molecular weight is 406 g/mol. The number of carbonyl (C=O) groups excluding carboxylic acids is 1. The summed E-state index contributed by atoms with van der Waals surface area (Å²) >= 11 is 7.60. The number of nitrogens with zero attached hydrogens (tertiary/aromatic N) is 1. The predicted octanol–water partition coefficient (Wildman–Crippen LogP) is 3.62. The molecule has 1 aromatic carbocycles. The first-order valence-electron chi connectivity index (χ1n) is 4.92. The van der Waals surface area contributed by atoms with Gasteiger partial charge >= 0.3 is 5.97 Å². The maximum Gasteiger partial charge on any atom is 0.355 e. The van der Waals surface area contributed by atoms with Gasteiger partial charge in [0.25, 0.3) is 5.91 Å². The first kappa shape index (κ1) is 14.2. The van der Waals surface area contributed by atoms with E-state index in [-0.39, 0.29) is 10.7 Å². The van der Waals surface area contributed by atoms with Gasteiger partial charge in [0.1, 0.15) is 0 Å². The van der Waals surface area contributed by atoms with Crippen LogP contribution in [0.3, 0.4) is 0 Å². The first-order valence-corrected chi connectivity index (χ1v) is 7.39. The van der Waals surface area contributed by atoms with Crippen LogP contribution in [0.1, 0.15) is 20.3 Å². The minimum Gasteiger partial charge on any atom is -0.476 e. The van der Waals surface area contributed by atoms with Gasteiger partial charge in [0.2, 0.25) is 0 Å². The fourth-order valence-corrected chi connectivity index (χ4v) is 2.64. The number of rotatable bonds is 3. The molecule has 98 valence electrons. The molecule has 8 heteroatoms. The van der Waals surface area contributed by atoms with E-state index in [1.54, 1.807) is 12.1 Å². The number of hydrogen-bond acceptors (Lipinski definition) is 4. The molecule has 2 N–H and O–H groups in total. The first-order chi connectivity index (χ1) is 8.97. The summed E-state index contributed by atoms with van der Waals surface area (Å²) in [6.07, 6.45) is 0. The lowest BCUT2D eigenvalue weighted by molar-refractivity contribution is 0.0691. The summed E-state index contributed by atoms with van der Waals surface area (Å²) < 4.78 is 1.54. The van der Waals surface area contributed by atoms with Gasteiger partial charge in [-0.15, -0.1) is 11.3 Å². The lowest BCUT2D eigenvalue weighted by atomic mass is 10.3. The van der Waals surface area contributed by atoms with E-state index in [9.17, 15) is 9.59 Å². The molecule has 0 aliphatic rings. The van der Waals surface area contributed by atoms with E-state index in [1.165, 1.54) is 5.38 Å². The number of hydrogen-bond donors (Lipinski definition) is 2. The Labute approximate surface area is 128 Å². The Balaban J connectivity index is 2.20. The zero-order chi connectivity index (χ0) is 14.0. The lowest BCUT2D eigenvalue weighted by Gasteiger charge is -2.06. The van der Waals surface area contributed by atoms with Gasteiger partial charge < -0.3 is 10.4 Å². The summed E-state index contributed by atoms with van der Waals surface area (Å²) in [7, 11) is 0. The highest BCUT2D eigenvalue weighted by Gasteiger charge is 2.15. The third kappa shape index (κ3) is 3.40. The van der Waals surface area contributed by atoms with Gasteiger partial charge in [-0.25, -0.2) is 9.78 Å². The number of carbonyl (C=O) groups is 2. The van der Waals surface area contributed by atoms with Crippen molar-refractivity contribution in [3.8, 4) is 0 Å². The molecule has 0 spiro atoms. The number of benzene rings is 1. The van der Waals surface area contributed by atoms with E-state index in [0.29, 0.717) is 5.69 Å². The van der Waals surface area contributed by atoms with Crippen LogP contribution in [-0.2, 0) is 0 Å². The molecule has 0 saturated heterocycles. The van der Waals surface area contributed by atoms with Gasteiger partial charge in [-0.3, -0.25) is 4.79 Å². The molecule has 0 saturated carbocycles. The molecule has 5 nitrogen and oxygen atoms in total. The molecule has 0 aliphatic carbocycles. The second-order valence-corrected chi connectivity index (χ2v) is 6.05. The topological polar surface area (TPSA) is 79.3 Å². The molecule has 0 atom stereocenters. The molecular weight excluding hydrogens is 400 g/mol. The number of amides is 1. The van der Waals surface area contributed by atoms with Crippen molar-refractivity contribution in [2.24, 2.45) is 0 Å². The lowest BCUT2D eigenvalue weighted by Crippen LogP contribution is -2.12. The Kier molecular flexibility index (Phi) is 4.33. The zero-order valence-corrected chi connectivity index (χ0v) is 13.2. The van der Waals surface area contributed by atoms with Crippen molar-refractivity contribution >= 4 is 60.8 Å². The Morgan fingerprint density at radius 2 is 2.05 bits per heavy atom. The van der Waals surface area contributed by atoms with Crippen molar-refractivity contribution in [2.45, 2.75) is 0 Å². The molecule has 1 heterocycles. The van der Waals surface area contributed by atoms with Crippen LogP contribution in [-0.4, -0.2) is 22.0 Å². The van der Waals surface area contributed by atoms with Crippen LogP contribution >= 0.6 is 43.2 Å². The third-order valence-electron chi connectivity index (χ3n) is 2.09. The van der Waals surface area contributed by atoms with E-state index in [4.69, 9.17) is 5.11 Å². The summed E-state index contributed by atoms with van der Waals surface area (Å²) in [5.41, 5.74) is 0.440. The summed E-state index contributed by atoms with van der Waals surface area (Å²) in [5, 5.41) is 12.8. The maximum atomic E-state index is 11.9. The van der Waals surface area contributed by atoms with Gasteiger partial charge in [-0.05, 0) is 34.1 Å². The summed E-state index contributed by atoms with van der Waals surface area (Å²) in [5.74, 6) is -1.60. The Bertz CT molecular complexity index is 657. The molecule has 2 rings (SSSR count). The van der Waals surface area contributed by atoms with Crippen molar-refractivity contribution in [2.75, 3.05) is 5.32 Å². The van der Waals surface area contributed by atoms with E-state index in [2.05, 4.69) is 42.2 Å². The van der Waals surface area contributed by atoms with Gasteiger partial charge in [0.15, 0.2) is 10.7 Å². The third-order valence-corrected chi connectivity index (χ3v) is 4.12. The summed E-state index contributed by atoms with van der Waals surface area (Å²) in [4.78, 5) is 26.4. The minimum absolute atomic E-state index is 0.101. The van der Waals surface area contributed by atoms with Crippen LogP contribution in [0.4, 0.5) is 5.69 Å². The Hall–Kier alpha value is -1.25. The predicted molar refractivity (Wildman–Crippen MR) is 78.9 cm³/mol. The average Bonchev–Trinajstić information content (AvgIpc) is 2.83. The van der Waals surface area contributed by atoms with Crippen LogP contribution < -0.4 is 5.32 Å². The smallest absolute Gasteiger partial charge is 0.355 e. The van der Waals surface area contributed by atoms with Crippen LogP contribution in [0.15, 0.2) is 32.5 Å². The van der Waals surface area contributed by atoms with E-state index < -0.39 is 11.9 Å². The fraction of sp³-hybridized carbons (Fsp3) is 0. The molecule has 0 radical (unpaired) electrons. The Morgan fingerprint density at radius 1 is 1.32 bits per heavy atom. The standard InChI is InChI=1S/C11H6Br2N2O3S/c12-5-1-2-6(13)7(3-5)14-9(16)10-15-8(4-19-10)11(17)18/h1-4H,(H,14,16)(H,17,18). The number of anilines is 1. The maximum absolute atomic E-state index is 11.9. The van der Waals surface area contributed by atoms with Crippen LogP contribution in [0.25, 0.3) is 0 Å². The molecule has 0 unspecified atom stereocenters. The highest BCUT2D eigenvalue weighted by molar-refractivity contribution is 9.11. The molecular formula is C11H6Br2N2O3S. The molecule has 0 fully saturated rings. The summed E-state index contributed by atoms with van der Waals surface area (Å²) in [6.45, 7) is 0. The van der Waals surface area contributed by atoms with Crippen molar-refractivity contribution in [3.63, 3.8) is 0 Å². The van der Waals surface area contributed by atoms with Gasteiger partial charge in [-0.2, -0.15) is 0 Å².